The third-order valence-electron chi connectivity index (χ3n) is 8.41. The molecule has 0 radical (unpaired) electrons. The molecule has 3 heterocycles. The van der Waals surface area contributed by atoms with E-state index in [2.05, 4.69) is 39.8 Å². The number of sulfonamides is 1. The van der Waals surface area contributed by atoms with Gasteiger partial charge in [0.2, 0.25) is 0 Å². The molecule has 0 spiro atoms. The van der Waals surface area contributed by atoms with E-state index in [1.807, 2.05) is 0 Å². The van der Waals surface area contributed by atoms with Gasteiger partial charge in [0.15, 0.2) is 10.0 Å². The Morgan fingerprint density at radius 2 is 1.84 bits per heavy atom. The second kappa shape index (κ2) is 14.0. The van der Waals surface area contributed by atoms with Crippen molar-refractivity contribution in [3.63, 3.8) is 0 Å². The van der Waals surface area contributed by atoms with E-state index < -0.39 is 66.7 Å². The van der Waals surface area contributed by atoms with Crippen LogP contribution >= 0.6 is 11.3 Å². The second-order valence-electron chi connectivity index (χ2n) is 13.5. The minimum atomic E-state index is -4.78. The van der Waals surface area contributed by atoms with Gasteiger partial charge in [-0.3, -0.25) is 14.3 Å². The number of hydrogen-bond donors (Lipinski definition) is 1. The fourth-order valence-corrected chi connectivity index (χ4v) is 8.67. The molecule has 5 rings (SSSR count). The van der Waals surface area contributed by atoms with Crippen LogP contribution in [0.3, 0.4) is 0 Å². The van der Waals surface area contributed by atoms with E-state index in [-0.39, 0.29) is 77.8 Å². The number of rotatable bonds is 13. The predicted octanol–water partition coefficient (Wildman–Crippen LogP) is 4.80. The fourth-order valence-electron chi connectivity index (χ4n) is 5.55. The van der Waals surface area contributed by atoms with Crippen molar-refractivity contribution in [3.8, 4) is 10.7 Å². The van der Waals surface area contributed by atoms with E-state index in [4.69, 9.17) is 11.3 Å². The van der Waals surface area contributed by atoms with Crippen LogP contribution in [0.1, 0.15) is 31.2 Å². The number of alkyl halides is 5. The highest BCUT2D eigenvalue weighted by Gasteiger charge is 2.61. The molecule has 2 aromatic heterocycles. The summed E-state index contributed by atoms with van der Waals surface area (Å²) in [5, 5.41) is 20.1. The Morgan fingerprint density at radius 1 is 1.18 bits per heavy atom. The summed E-state index contributed by atoms with van der Waals surface area (Å²) in [6.07, 6.45) is -8.59. The Kier molecular flexibility index (Phi) is 10.6. The highest BCUT2D eigenvalue weighted by molar-refractivity contribution is 7.89. The van der Waals surface area contributed by atoms with Gasteiger partial charge in [0, 0.05) is 46.2 Å². The van der Waals surface area contributed by atoms with Gasteiger partial charge in [-0.15, -0.1) is 10.2 Å². The molecule has 1 aromatic carbocycles. The topological polar surface area (TPSA) is 138 Å². The summed E-state index contributed by atoms with van der Waals surface area (Å²) in [7, 11) is -6.13. The number of aliphatic hydroxyl groups excluding tert-OH is 1. The van der Waals surface area contributed by atoms with Gasteiger partial charge in [-0.25, -0.2) is 23.8 Å². The molecule has 1 aliphatic heterocycles. The van der Waals surface area contributed by atoms with Gasteiger partial charge in [-0.1, -0.05) is 35.3 Å². The predicted molar refractivity (Wildman–Crippen MR) is 177 cm³/mol. The van der Waals surface area contributed by atoms with Gasteiger partial charge in [-0.05, 0) is 25.1 Å². The molecule has 1 aliphatic carbocycles. The first-order valence-corrected chi connectivity index (χ1v) is 21.7. The molecule has 274 valence electrons. The fraction of sp³-hybridized carbons (Fsp3) is 0.621. The number of aromatic nitrogens is 4. The molecule has 1 atom stereocenters. The molecule has 13 nitrogen and oxygen atoms in total. The number of aliphatic hydroxyl groups is 1. The zero-order valence-electron chi connectivity index (χ0n) is 27.7. The lowest BCUT2D eigenvalue weighted by atomic mass is 10.1. The summed E-state index contributed by atoms with van der Waals surface area (Å²) in [6, 6.07) is 3.06. The summed E-state index contributed by atoms with van der Waals surface area (Å²) in [5.41, 5.74) is -1.79. The standard InChI is InChI=1S/C29H37F5N8O5S2Si/c1-18(43)27(44)40-10-8-39(9-11-40)21-15-19(49(45,46)42(28(35-2)6-7-28)17-47-12-13-50(3,4)5)14-20-22(25-36-37-26(48-25)24(30)31)38-41(23(20)21)16-29(32,33)34/h14-15,18,24,43H,6-13,16-17H2,1,3-5H3/t18-/m0/s1. The molecule has 1 saturated carbocycles. The van der Waals surface area contributed by atoms with Crippen molar-refractivity contribution in [3.05, 3.63) is 28.6 Å². The van der Waals surface area contributed by atoms with Crippen molar-refractivity contribution < 1.29 is 45.0 Å². The number of nitrogens with zero attached hydrogens (tertiary/aromatic N) is 8. The van der Waals surface area contributed by atoms with Gasteiger partial charge >= 0.3 is 11.8 Å². The van der Waals surface area contributed by atoms with E-state index in [1.165, 1.54) is 17.9 Å². The third-order valence-corrected chi connectivity index (χ3v) is 12.9. The largest absolute Gasteiger partial charge is 0.408 e. The van der Waals surface area contributed by atoms with Crippen molar-refractivity contribution in [1.82, 2.24) is 29.2 Å². The maximum Gasteiger partial charge on any atom is 0.408 e. The lowest BCUT2D eigenvalue weighted by molar-refractivity contribution is -0.142. The van der Waals surface area contributed by atoms with Gasteiger partial charge in [0.1, 0.15) is 25.1 Å². The highest BCUT2D eigenvalue weighted by atomic mass is 32.2. The Morgan fingerprint density at radius 3 is 2.36 bits per heavy atom. The summed E-state index contributed by atoms with van der Waals surface area (Å²) in [4.78, 5) is 18.7. The normalized spacial score (nSPS) is 17.5. The summed E-state index contributed by atoms with van der Waals surface area (Å²) in [6.45, 7) is 14.0. The average Bonchev–Trinajstić information content (AvgIpc) is 3.50. The molecule has 2 fully saturated rings. The maximum absolute atomic E-state index is 14.5. The molecule has 21 heteroatoms. The minimum absolute atomic E-state index is 0.0269. The minimum Gasteiger partial charge on any atom is -0.384 e. The second-order valence-corrected chi connectivity index (χ2v) is 22.0. The molecule has 1 amide bonds. The number of amides is 1. The van der Waals surface area contributed by atoms with Crippen molar-refractivity contribution in [1.29, 1.82) is 0 Å². The van der Waals surface area contributed by atoms with E-state index in [0.717, 1.165) is 16.4 Å². The van der Waals surface area contributed by atoms with Crippen molar-refractivity contribution in [2.24, 2.45) is 0 Å². The maximum atomic E-state index is 14.5. The Hall–Kier alpha value is -3.29. The lowest BCUT2D eigenvalue weighted by Crippen LogP contribution is -2.51. The number of fused-ring (bicyclic) bond motifs is 1. The van der Waals surface area contributed by atoms with Crippen LogP contribution in [0.15, 0.2) is 17.0 Å². The van der Waals surface area contributed by atoms with Crippen LogP contribution in [0.2, 0.25) is 25.7 Å². The average molecular weight is 765 g/mol. The summed E-state index contributed by atoms with van der Waals surface area (Å²) < 4.78 is 105. The van der Waals surface area contributed by atoms with Crippen LogP contribution in [0.5, 0.6) is 0 Å². The molecule has 0 unspecified atom stereocenters. The number of anilines is 1. The highest BCUT2D eigenvalue weighted by Crippen LogP contribution is 2.47. The quantitative estimate of drug-likeness (QED) is 0.0856. The van der Waals surface area contributed by atoms with Crippen LogP contribution < -0.4 is 4.90 Å². The van der Waals surface area contributed by atoms with Crippen LogP contribution in [-0.2, 0) is 26.1 Å². The smallest absolute Gasteiger partial charge is 0.384 e. The van der Waals surface area contributed by atoms with E-state index in [0.29, 0.717) is 16.0 Å². The number of halogens is 5. The molecule has 2 aliphatic rings. The molecule has 1 saturated heterocycles. The van der Waals surface area contributed by atoms with E-state index in [1.54, 1.807) is 4.90 Å². The van der Waals surface area contributed by atoms with E-state index in [9.17, 15) is 40.3 Å². The number of piperazine rings is 1. The molecular weight excluding hydrogens is 728 g/mol. The van der Waals surface area contributed by atoms with Gasteiger partial charge < -0.3 is 19.6 Å². The Labute approximate surface area is 290 Å². The van der Waals surface area contributed by atoms with Crippen molar-refractivity contribution in [2.45, 2.75) is 81.3 Å². The van der Waals surface area contributed by atoms with Gasteiger partial charge in [-0.2, -0.15) is 18.3 Å². The number of carbonyl (C=O) groups is 1. The Balaban J connectivity index is 1.68. The zero-order chi connectivity index (χ0) is 36.8. The van der Waals surface area contributed by atoms with Gasteiger partial charge in [0.25, 0.3) is 22.4 Å². The number of hydrogen-bond acceptors (Lipinski definition) is 10. The van der Waals surface area contributed by atoms with Crippen LogP contribution in [0.4, 0.5) is 27.6 Å². The zero-order valence-corrected chi connectivity index (χ0v) is 30.4. The molecule has 1 N–H and O–H groups in total. The SMILES string of the molecule is [C-]#[N+]C1(N(COCC[Si](C)(C)C)S(=O)(=O)c2cc(N3CCN(C(=O)[C@H](C)O)CC3)c3c(c2)c(-c2nnc(C(F)F)s2)nn3CC(F)(F)F)CC1. The molecule has 50 heavy (non-hydrogen) atoms. The number of benzene rings is 1. The number of carbonyl (C=O) groups excluding carboxylic acids is 1. The lowest BCUT2D eigenvalue weighted by Gasteiger charge is -2.37. The summed E-state index contributed by atoms with van der Waals surface area (Å²) in [5.74, 6) is -0.541. The molecule has 3 aromatic rings. The van der Waals surface area contributed by atoms with Crippen LogP contribution in [0, 0.1) is 6.57 Å². The Bertz CT molecular complexity index is 1880. The monoisotopic (exact) mass is 764 g/mol. The van der Waals surface area contributed by atoms with Crippen molar-refractivity contribution >= 4 is 51.9 Å². The molecular formula is C29H37F5N8O5S2Si. The van der Waals surface area contributed by atoms with Crippen LogP contribution in [0.25, 0.3) is 26.4 Å². The molecule has 0 bridgehead atoms. The third kappa shape index (κ3) is 8.10. The first kappa shape index (κ1) is 37.9. The van der Waals surface area contributed by atoms with Crippen molar-refractivity contribution in [2.75, 3.05) is 44.4 Å². The first-order chi connectivity index (χ1) is 23.3. The summed E-state index contributed by atoms with van der Waals surface area (Å²) >= 11 is 0.414. The van der Waals surface area contributed by atoms with Crippen LogP contribution in [-0.4, -0.2) is 114 Å². The first-order valence-electron chi connectivity index (χ1n) is 15.7. The van der Waals surface area contributed by atoms with E-state index >= 15 is 0 Å². The number of ether oxygens (including phenoxy) is 1. The van der Waals surface area contributed by atoms with Gasteiger partial charge in [0.05, 0.1) is 28.9 Å².